The minimum Gasteiger partial charge on any atom is -0.479 e. The molecule has 1 saturated heterocycles. The van der Waals surface area contributed by atoms with Crippen LogP contribution in [0, 0.1) is 25.2 Å². The first-order chi connectivity index (χ1) is 19.7. The minimum atomic E-state index is -1.15. The smallest absolute Gasteiger partial charge is 0.337 e. The molecule has 5 rings (SSSR count). The number of anilines is 2. The molecule has 3 aromatic rings. The summed E-state index contributed by atoms with van der Waals surface area (Å²) in [6, 6.07) is 11.4. The summed E-state index contributed by atoms with van der Waals surface area (Å²) in [5.41, 5.74) is 7.09. The zero-order chi connectivity index (χ0) is 30.4. The zero-order valence-electron chi connectivity index (χ0n) is 25.9. The van der Waals surface area contributed by atoms with Crippen molar-refractivity contribution in [3.05, 3.63) is 70.4 Å². The van der Waals surface area contributed by atoms with Crippen LogP contribution in [0.2, 0.25) is 0 Å². The van der Waals surface area contributed by atoms with Crippen molar-refractivity contribution in [1.29, 1.82) is 0 Å². The molecule has 1 atom stereocenters. The van der Waals surface area contributed by atoms with E-state index in [4.69, 9.17) is 9.72 Å². The Morgan fingerprint density at radius 2 is 1.71 bits per heavy atom. The van der Waals surface area contributed by atoms with Crippen LogP contribution in [0.15, 0.2) is 36.4 Å². The summed E-state index contributed by atoms with van der Waals surface area (Å²) in [4.78, 5) is 26.2. The highest BCUT2D eigenvalue weighted by atomic mass is 19.1. The maximum absolute atomic E-state index is 13.8. The number of benzene rings is 1. The zero-order valence-corrected chi connectivity index (χ0v) is 25.9. The molecule has 224 valence electrons. The normalized spacial score (nSPS) is 17.6. The number of rotatable bonds is 6. The molecular formula is C34H43FN4O3. The second-order valence-corrected chi connectivity index (χ2v) is 13.5. The van der Waals surface area contributed by atoms with E-state index < -0.39 is 23.6 Å². The first-order valence-electron chi connectivity index (χ1n) is 14.9. The topological polar surface area (TPSA) is 78.8 Å². The molecule has 0 aliphatic carbocycles. The predicted octanol–water partition coefficient (Wildman–Crippen LogP) is 7.03. The number of hydrogen-bond donors (Lipinski definition) is 1. The maximum Gasteiger partial charge on any atom is 0.337 e. The molecule has 0 unspecified atom stereocenters. The van der Waals surface area contributed by atoms with Gasteiger partial charge in [0.15, 0.2) is 6.10 Å². The number of carbonyl (C=O) groups is 1. The Kier molecular flexibility index (Phi) is 8.05. The Morgan fingerprint density at radius 3 is 2.36 bits per heavy atom. The Balaban J connectivity index is 1.62. The fraction of sp³-hybridized carbons (Fsp3) is 0.500. The quantitative estimate of drug-likeness (QED) is 0.317. The Bertz CT molecular complexity index is 1490. The van der Waals surface area contributed by atoms with Gasteiger partial charge in [0.05, 0.1) is 11.3 Å². The summed E-state index contributed by atoms with van der Waals surface area (Å²) in [7, 11) is 0. The van der Waals surface area contributed by atoms with Crippen LogP contribution < -0.4 is 9.80 Å². The van der Waals surface area contributed by atoms with E-state index in [1.807, 2.05) is 40.7 Å². The lowest BCUT2D eigenvalue weighted by atomic mass is 9.81. The number of hydrogen-bond acceptors (Lipinski definition) is 6. The van der Waals surface area contributed by atoms with E-state index >= 15 is 0 Å². The second kappa shape index (κ2) is 11.3. The third kappa shape index (κ3) is 6.28. The highest BCUT2D eigenvalue weighted by molar-refractivity contribution is 5.88. The van der Waals surface area contributed by atoms with Crippen molar-refractivity contribution >= 4 is 17.5 Å². The SMILES string of the molecule is Cc1nc(C)c([C@H](OC(C)(C)C)C(=O)O)c(N2CCC(C)(C)CC2)c1-c1ccc2c(c1)CCN(c1cccc(F)n1)C2. The fourth-order valence-corrected chi connectivity index (χ4v) is 6.23. The molecule has 2 aliphatic heterocycles. The molecule has 7 nitrogen and oxygen atoms in total. The van der Waals surface area contributed by atoms with E-state index in [9.17, 15) is 14.3 Å². The first-order valence-corrected chi connectivity index (χ1v) is 14.9. The molecule has 1 N–H and O–H groups in total. The Hall–Kier alpha value is -3.52. The second-order valence-electron chi connectivity index (χ2n) is 13.5. The number of aliphatic carboxylic acids is 1. The Morgan fingerprint density at radius 1 is 1.00 bits per heavy atom. The van der Waals surface area contributed by atoms with E-state index in [0.29, 0.717) is 23.6 Å². The average Bonchev–Trinajstić information content (AvgIpc) is 2.90. The molecule has 0 spiro atoms. The highest BCUT2D eigenvalue weighted by Gasteiger charge is 2.36. The molecular weight excluding hydrogens is 531 g/mol. The molecule has 0 amide bonds. The third-order valence-corrected chi connectivity index (χ3v) is 8.50. The average molecular weight is 575 g/mol. The van der Waals surface area contributed by atoms with Crippen molar-refractivity contribution < 1.29 is 19.0 Å². The number of ether oxygens (including phenoxy) is 1. The van der Waals surface area contributed by atoms with Crippen LogP contribution in [0.25, 0.3) is 11.1 Å². The van der Waals surface area contributed by atoms with Crippen molar-refractivity contribution in [2.24, 2.45) is 5.41 Å². The van der Waals surface area contributed by atoms with Gasteiger partial charge in [-0.1, -0.05) is 38.1 Å². The summed E-state index contributed by atoms with van der Waals surface area (Å²) in [5.74, 6) is -0.850. The van der Waals surface area contributed by atoms with Gasteiger partial charge in [-0.25, -0.2) is 9.78 Å². The molecule has 4 heterocycles. The number of carboxylic acids is 1. The molecule has 0 saturated carbocycles. The predicted molar refractivity (Wildman–Crippen MR) is 165 cm³/mol. The van der Waals surface area contributed by atoms with Crippen LogP contribution in [0.4, 0.5) is 15.9 Å². The van der Waals surface area contributed by atoms with Gasteiger partial charge >= 0.3 is 5.97 Å². The van der Waals surface area contributed by atoms with Gasteiger partial charge in [0.2, 0.25) is 5.95 Å². The summed E-state index contributed by atoms with van der Waals surface area (Å²) in [5, 5.41) is 10.4. The van der Waals surface area contributed by atoms with Gasteiger partial charge in [-0.2, -0.15) is 4.39 Å². The van der Waals surface area contributed by atoms with Crippen LogP contribution >= 0.6 is 0 Å². The van der Waals surface area contributed by atoms with Crippen molar-refractivity contribution in [3.8, 4) is 11.1 Å². The molecule has 1 fully saturated rings. The molecule has 0 bridgehead atoms. The van der Waals surface area contributed by atoms with Crippen LogP contribution in [-0.2, 0) is 22.5 Å². The van der Waals surface area contributed by atoms with E-state index in [-0.39, 0.29) is 5.41 Å². The number of fused-ring (bicyclic) bond motifs is 1. The van der Waals surface area contributed by atoms with Gasteiger partial charge in [0.25, 0.3) is 0 Å². The van der Waals surface area contributed by atoms with Crippen molar-refractivity contribution in [3.63, 3.8) is 0 Å². The molecule has 0 radical (unpaired) electrons. The van der Waals surface area contributed by atoms with E-state index in [0.717, 1.165) is 61.4 Å². The minimum absolute atomic E-state index is 0.232. The molecule has 2 aromatic heterocycles. The summed E-state index contributed by atoms with van der Waals surface area (Å²) in [6.45, 7) is 17.2. The molecule has 2 aliphatic rings. The molecule has 42 heavy (non-hydrogen) atoms. The Labute approximate surface area is 248 Å². The van der Waals surface area contributed by atoms with Crippen LogP contribution in [0.5, 0.6) is 0 Å². The van der Waals surface area contributed by atoms with Gasteiger partial charge in [-0.3, -0.25) is 4.98 Å². The summed E-state index contributed by atoms with van der Waals surface area (Å²) < 4.78 is 20.0. The van der Waals surface area contributed by atoms with Gasteiger partial charge in [-0.15, -0.1) is 0 Å². The van der Waals surface area contributed by atoms with Gasteiger partial charge < -0.3 is 19.6 Å². The number of aromatic nitrogens is 2. The lowest BCUT2D eigenvalue weighted by Crippen LogP contribution is -2.39. The number of carboxylic acid groups (broad SMARTS) is 1. The van der Waals surface area contributed by atoms with Crippen LogP contribution in [0.3, 0.4) is 0 Å². The molecule has 1 aromatic carbocycles. The lowest BCUT2D eigenvalue weighted by molar-refractivity contribution is -0.160. The van der Waals surface area contributed by atoms with E-state index in [1.165, 1.54) is 17.2 Å². The number of piperidine rings is 1. The van der Waals surface area contributed by atoms with Crippen molar-refractivity contribution in [2.45, 2.75) is 86.0 Å². The van der Waals surface area contributed by atoms with Crippen molar-refractivity contribution in [2.75, 3.05) is 29.4 Å². The van der Waals surface area contributed by atoms with Crippen molar-refractivity contribution in [1.82, 2.24) is 9.97 Å². The first kappa shape index (κ1) is 30.0. The monoisotopic (exact) mass is 574 g/mol. The number of nitrogens with zero attached hydrogens (tertiary/aromatic N) is 4. The van der Waals surface area contributed by atoms with Gasteiger partial charge in [-0.05, 0) is 88.1 Å². The van der Waals surface area contributed by atoms with E-state index in [2.05, 4.69) is 46.8 Å². The summed E-state index contributed by atoms with van der Waals surface area (Å²) in [6.07, 6.45) is 1.67. The fourth-order valence-electron chi connectivity index (χ4n) is 6.23. The largest absolute Gasteiger partial charge is 0.479 e. The molecule has 8 heteroatoms. The van der Waals surface area contributed by atoms with Gasteiger partial charge in [0, 0.05) is 48.7 Å². The van der Waals surface area contributed by atoms with Gasteiger partial charge in [0.1, 0.15) is 5.82 Å². The van der Waals surface area contributed by atoms with Crippen LogP contribution in [0.1, 0.15) is 81.6 Å². The van der Waals surface area contributed by atoms with Crippen LogP contribution in [-0.4, -0.2) is 46.3 Å². The number of halogens is 1. The third-order valence-electron chi connectivity index (χ3n) is 8.50. The van der Waals surface area contributed by atoms with E-state index in [1.54, 1.807) is 6.07 Å². The lowest BCUT2D eigenvalue weighted by Gasteiger charge is -2.41. The highest BCUT2D eigenvalue weighted by Crippen LogP contribution is 2.45. The number of aryl methyl sites for hydroxylation is 2. The number of pyridine rings is 2. The maximum atomic E-state index is 13.8. The standard InChI is InChI=1S/C34H43FN4O3/c1-21-28(24-11-12-25-20-39(16-13-23(25)19-24)27-10-8-9-26(35)37-27)30(38-17-14-34(6,7)15-18-38)29(22(2)36-21)31(32(40)41)42-33(3,4)5/h8-12,19,31H,13-18,20H2,1-7H3,(H,40,41)/t31-/m0/s1. The summed E-state index contributed by atoms with van der Waals surface area (Å²) >= 11 is 0.